The van der Waals surface area contributed by atoms with Gasteiger partial charge in [-0.25, -0.2) is 4.98 Å². The highest BCUT2D eigenvalue weighted by Gasteiger charge is 2.14. The van der Waals surface area contributed by atoms with Crippen molar-refractivity contribution in [1.29, 1.82) is 0 Å². The Bertz CT molecular complexity index is 667. The molecule has 6 heteroatoms. The molecule has 0 saturated carbocycles. The number of ether oxygens (including phenoxy) is 1. The Balaban J connectivity index is 2.14. The molecule has 0 aliphatic carbocycles. The number of carbonyl (C=O) groups is 1. The Kier molecular flexibility index (Phi) is 5.63. The molecule has 0 aliphatic heterocycles. The minimum absolute atomic E-state index is 0.0470. The lowest BCUT2D eigenvalue weighted by Crippen LogP contribution is -2.16. The number of anilines is 1. The standard InChI is InChI=1S/C16H16Cl2N2O2/c1-3-22-14-7-5-4-6-13(14)20-15(21)9-11-12(17)8-10(2)19-16(11)18/h4-8H,3,9H2,1-2H3,(H,20,21). The first kappa shape index (κ1) is 16.6. The molecule has 0 aliphatic rings. The van der Waals surface area contributed by atoms with E-state index in [2.05, 4.69) is 10.3 Å². The predicted molar refractivity (Wildman–Crippen MR) is 88.9 cm³/mol. The molecule has 0 spiro atoms. The van der Waals surface area contributed by atoms with Crippen LogP contribution in [0.1, 0.15) is 18.2 Å². The number of benzene rings is 1. The number of aromatic nitrogens is 1. The lowest BCUT2D eigenvalue weighted by molar-refractivity contribution is -0.115. The Morgan fingerprint density at radius 2 is 2.05 bits per heavy atom. The van der Waals surface area contributed by atoms with Gasteiger partial charge in [-0.3, -0.25) is 4.79 Å². The van der Waals surface area contributed by atoms with Crippen molar-refractivity contribution in [3.8, 4) is 5.75 Å². The lowest BCUT2D eigenvalue weighted by Gasteiger charge is -2.12. The van der Waals surface area contributed by atoms with Gasteiger partial charge >= 0.3 is 0 Å². The van der Waals surface area contributed by atoms with Gasteiger partial charge in [0, 0.05) is 16.3 Å². The Morgan fingerprint density at radius 1 is 1.32 bits per heavy atom. The number of nitrogens with zero attached hydrogens (tertiary/aromatic N) is 1. The second kappa shape index (κ2) is 7.47. The van der Waals surface area contributed by atoms with Gasteiger partial charge in [0.1, 0.15) is 10.9 Å². The first-order valence-electron chi connectivity index (χ1n) is 6.84. The van der Waals surface area contributed by atoms with Crippen LogP contribution in [0.3, 0.4) is 0 Å². The zero-order valence-electron chi connectivity index (χ0n) is 12.3. The molecule has 0 fully saturated rings. The van der Waals surface area contributed by atoms with Crippen LogP contribution in [-0.2, 0) is 11.2 Å². The number of nitrogens with one attached hydrogen (secondary N) is 1. The van der Waals surface area contributed by atoms with Crippen molar-refractivity contribution in [3.63, 3.8) is 0 Å². The maximum atomic E-state index is 12.2. The van der Waals surface area contributed by atoms with Crippen molar-refractivity contribution < 1.29 is 9.53 Å². The summed E-state index contributed by atoms with van der Waals surface area (Å²) >= 11 is 12.2. The molecule has 22 heavy (non-hydrogen) atoms. The monoisotopic (exact) mass is 338 g/mol. The van der Waals surface area contributed by atoms with Crippen LogP contribution in [0, 0.1) is 6.92 Å². The van der Waals surface area contributed by atoms with Crippen molar-refractivity contribution in [2.75, 3.05) is 11.9 Å². The molecule has 1 amide bonds. The summed E-state index contributed by atoms with van der Waals surface area (Å²) < 4.78 is 5.47. The normalized spacial score (nSPS) is 10.4. The molecule has 1 heterocycles. The summed E-state index contributed by atoms with van der Waals surface area (Å²) in [6, 6.07) is 8.93. The van der Waals surface area contributed by atoms with E-state index in [0.29, 0.717) is 34.3 Å². The number of hydrogen-bond acceptors (Lipinski definition) is 3. The topological polar surface area (TPSA) is 51.2 Å². The summed E-state index contributed by atoms with van der Waals surface area (Å²) in [6.45, 7) is 4.20. The number of rotatable bonds is 5. The van der Waals surface area contributed by atoms with Gasteiger partial charge in [0.2, 0.25) is 5.91 Å². The Hall–Kier alpha value is -1.78. The third kappa shape index (κ3) is 4.12. The van der Waals surface area contributed by atoms with E-state index in [-0.39, 0.29) is 17.5 Å². The molecule has 0 bridgehead atoms. The highest BCUT2D eigenvalue weighted by atomic mass is 35.5. The van der Waals surface area contributed by atoms with Crippen LogP contribution in [0.2, 0.25) is 10.2 Å². The highest BCUT2D eigenvalue weighted by molar-refractivity contribution is 6.35. The molecule has 0 atom stereocenters. The summed E-state index contributed by atoms with van der Waals surface area (Å²) in [4.78, 5) is 16.3. The van der Waals surface area contributed by atoms with E-state index in [1.165, 1.54) is 0 Å². The fourth-order valence-corrected chi connectivity index (χ4v) is 2.65. The number of pyridine rings is 1. The van der Waals surface area contributed by atoms with E-state index in [0.717, 1.165) is 0 Å². The van der Waals surface area contributed by atoms with Gasteiger partial charge in [0.05, 0.1) is 18.7 Å². The molecule has 1 aromatic heterocycles. The summed E-state index contributed by atoms with van der Waals surface area (Å²) in [5.74, 6) is 0.388. The first-order valence-corrected chi connectivity index (χ1v) is 7.60. The van der Waals surface area contributed by atoms with Crippen LogP contribution in [0.5, 0.6) is 5.75 Å². The minimum Gasteiger partial charge on any atom is -0.492 e. The molecule has 116 valence electrons. The quantitative estimate of drug-likeness (QED) is 0.828. The zero-order valence-corrected chi connectivity index (χ0v) is 13.8. The van der Waals surface area contributed by atoms with Crippen LogP contribution < -0.4 is 10.1 Å². The largest absolute Gasteiger partial charge is 0.492 e. The van der Waals surface area contributed by atoms with Gasteiger partial charge < -0.3 is 10.1 Å². The maximum absolute atomic E-state index is 12.2. The first-order chi connectivity index (χ1) is 10.5. The van der Waals surface area contributed by atoms with E-state index >= 15 is 0 Å². The number of aryl methyl sites for hydroxylation is 1. The van der Waals surface area contributed by atoms with Crippen molar-refractivity contribution in [2.45, 2.75) is 20.3 Å². The highest BCUT2D eigenvalue weighted by Crippen LogP contribution is 2.26. The van der Waals surface area contributed by atoms with Crippen LogP contribution in [-0.4, -0.2) is 17.5 Å². The van der Waals surface area contributed by atoms with Gasteiger partial charge in [0.15, 0.2) is 0 Å². The molecule has 0 radical (unpaired) electrons. The fraction of sp³-hybridized carbons (Fsp3) is 0.250. The van der Waals surface area contributed by atoms with Gasteiger partial charge in [-0.2, -0.15) is 0 Å². The average Bonchev–Trinajstić information content (AvgIpc) is 2.45. The number of amides is 1. The zero-order chi connectivity index (χ0) is 16.1. The predicted octanol–water partition coefficient (Wildman–Crippen LogP) is 4.28. The minimum atomic E-state index is -0.235. The molecule has 2 rings (SSSR count). The number of carbonyl (C=O) groups excluding carboxylic acids is 1. The molecule has 4 nitrogen and oxygen atoms in total. The van der Waals surface area contributed by atoms with Gasteiger partial charge in [0.25, 0.3) is 0 Å². The molecule has 0 saturated heterocycles. The number of para-hydroxylation sites is 2. The fourth-order valence-electron chi connectivity index (χ4n) is 1.99. The van der Waals surface area contributed by atoms with Crippen LogP contribution >= 0.6 is 23.2 Å². The summed E-state index contributed by atoms with van der Waals surface area (Å²) in [5, 5.41) is 3.49. The van der Waals surface area contributed by atoms with Crippen molar-refractivity contribution in [2.24, 2.45) is 0 Å². The van der Waals surface area contributed by atoms with Crippen molar-refractivity contribution in [3.05, 3.63) is 51.8 Å². The van der Waals surface area contributed by atoms with Gasteiger partial charge in [-0.05, 0) is 32.0 Å². The third-order valence-electron chi connectivity index (χ3n) is 2.95. The van der Waals surface area contributed by atoms with Crippen molar-refractivity contribution >= 4 is 34.8 Å². The SMILES string of the molecule is CCOc1ccccc1NC(=O)Cc1c(Cl)cc(C)nc1Cl. The number of hydrogen-bond donors (Lipinski definition) is 1. The summed E-state index contributed by atoms with van der Waals surface area (Å²) in [6.07, 6.45) is 0.0470. The average molecular weight is 339 g/mol. The van der Waals surface area contributed by atoms with E-state index in [1.54, 1.807) is 25.1 Å². The Morgan fingerprint density at radius 3 is 2.73 bits per heavy atom. The summed E-state index contributed by atoms with van der Waals surface area (Å²) in [5.41, 5.74) is 1.84. The third-order valence-corrected chi connectivity index (χ3v) is 3.60. The maximum Gasteiger partial charge on any atom is 0.229 e. The van der Waals surface area contributed by atoms with E-state index in [1.807, 2.05) is 19.1 Å². The van der Waals surface area contributed by atoms with E-state index in [4.69, 9.17) is 27.9 Å². The molecule has 0 unspecified atom stereocenters. The van der Waals surface area contributed by atoms with Crippen LogP contribution in [0.15, 0.2) is 30.3 Å². The molecular weight excluding hydrogens is 323 g/mol. The number of halogens is 2. The van der Waals surface area contributed by atoms with Gasteiger partial charge in [-0.15, -0.1) is 0 Å². The second-order valence-corrected chi connectivity index (χ2v) is 5.43. The van der Waals surface area contributed by atoms with E-state index in [9.17, 15) is 4.79 Å². The molecular formula is C16H16Cl2N2O2. The Labute approximate surface area is 139 Å². The molecule has 2 aromatic rings. The van der Waals surface area contributed by atoms with Crippen molar-refractivity contribution in [1.82, 2.24) is 4.98 Å². The van der Waals surface area contributed by atoms with Crippen LogP contribution in [0.25, 0.3) is 0 Å². The van der Waals surface area contributed by atoms with Crippen LogP contribution in [0.4, 0.5) is 5.69 Å². The lowest BCUT2D eigenvalue weighted by atomic mass is 10.2. The summed E-state index contributed by atoms with van der Waals surface area (Å²) in [7, 11) is 0. The van der Waals surface area contributed by atoms with Gasteiger partial charge in [-0.1, -0.05) is 35.3 Å². The molecule has 1 N–H and O–H groups in total. The molecule has 1 aromatic carbocycles. The van der Waals surface area contributed by atoms with E-state index < -0.39 is 0 Å². The smallest absolute Gasteiger partial charge is 0.229 e. The second-order valence-electron chi connectivity index (χ2n) is 4.67.